The quantitative estimate of drug-likeness (QED) is 0.340. The highest BCUT2D eigenvalue weighted by atomic mass is 127. The van der Waals surface area contributed by atoms with Crippen molar-refractivity contribution in [1.29, 1.82) is 0 Å². The number of benzene rings is 1. The first-order valence-corrected chi connectivity index (χ1v) is 8.93. The Morgan fingerprint density at radius 2 is 2.00 bits per heavy atom. The summed E-state index contributed by atoms with van der Waals surface area (Å²) in [5.41, 5.74) is 0.909. The maximum absolute atomic E-state index is 5.55. The fraction of sp³-hybridized carbons (Fsp3) is 0.611. The minimum absolute atomic E-state index is 0. The van der Waals surface area contributed by atoms with Gasteiger partial charge in [0.1, 0.15) is 0 Å². The van der Waals surface area contributed by atoms with Crippen LogP contribution >= 0.6 is 24.0 Å². The minimum Gasteiger partial charge on any atom is -0.493 e. The molecular formula is C18H31IN4O3. The fourth-order valence-electron chi connectivity index (χ4n) is 2.59. The third-order valence-corrected chi connectivity index (χ3v) is 3.86. The van der Waals surface area contributed by atoms with E-state index < -0.39 is 0 Å². The summed E-state index contributed by atoms with van der Waals surface area (Å²) in [7, 11) is 1.64. The number of nitrogens with zero attached hydrogens (tertiary/aromatic N) is 2. The molecule has 0 spiro atoms. The summed E-state index contributed by atoms with van der Waals surface area (Å²) < 4.78 is 16.3. The third-order valence-electron chi connectivity index (χ3n) is 3.86. The highest BCUT2D eigenvalue weighted by molar-refractivity contribution is 14.0. The Balaban J connectivity index is 0.00000338. The van der Waals surface area contributed by atoms with E-state index in [-0.39, 0.29) is 24.0 Å². The molecule has 0 aliphatic carbocycles. The highest BCUT2D eigenvalue weighted by Crippen LogP contribution is 2.30. The molecule has 148 valence electrons. The van der Waals surface area contributed by atoms with Crippen molar-refractivity contribution in [1.82, 2.24) is 10.2 Å². The summed E-state index contributed by atoms with van der Waals surface area (Å²) in [4.78, 5) is 7.03. The second-order valence-electron chi connectivity index (χ2n) is 5.64. The molecule has 2 rings (SSSR count). The Bertz CT molecular complexity index is 551. The largest absolute Gasteiger partial charge is 0.493 e. The SMILES string of the molecule is CCNC(=NCCN1CCOCC1)Nc1ccc(OCC)c(OC)c1.I. The molecule has 1 aromatic carbocycles. The Labute approximate surface area is 173 Å². The molecule has 1 heterocycles. The van der Waals surface area contributed by atoms with Crippen LogP contribution in [0, 0.1) is 0 Å². The normalized spacial score (nSPS) is 15.1. The predicted octanol–water partition coefficient (Wildman–Crippen LogP) is 2.42. The van der Waals surface area contributed by atoms with E-state index in [4.69, 9.17) is 14.2 Å². The van der Waals surface area contributed by atoms with Crippen LogP contribution in [0.3, 0.4) is 0 Å². The maximum atomic E-state index is 5.55. The molecule has 7 nitrogen and oxygen atoms in total. The van der Waals surface area contributed by atoms with Crippen LogP contribution in [0.25, 0.3) is 0 Å². The average molecular weight is 478 g/mol. The van der Waals surface area contributed by atoms with Gasteiger partial charge < -0.3 is 24.8 Å². The van der Waals surface area contributed by atoms with Crippen LogP contribution in [0.15, 0.2) is 23.2 Å². The summed E-state index contributed by atoms with van der Waals surface area (Å²) in [6.45, 7) is 10.7. The molecule has 1 fully saturated rings. The van der Waals surface area contributed by atoms with Crippen molar-refractivity contribution < 1.29 is 14.2 Å². The molecule has 26 heavy (non-hydrogen) atoms. The summed E-state index contributed by atoms with van der Waals surface area (Å²) in [6.07, 6.45) is 0. The first kappa shape index (κ1) is 22.8. The van der Waals surface area contributed by atoms with Gasteiger partial charge in [-0.1, -0.05) is 0 Å². The first-order chi connectivity index (χ1) is 12.3. The van der Waals surface area contributed by atoms with Gasteiger partial charge in [-0.15, -0.1) is 24.0 Å². The van der Waals surface area contributed by atoms with Gasteiger partial charge in [-0.3, -0.25) is 9.89 Å². The van der Waals surface area contributed by atoms with Crippen molar-refractivity contribution >= 4 is 35.6 Å². The van der Waals surface area contributed by atoms with Crippen molar-refractivity contribution in [3.05, 3.63) is 18.2 Å². The number of hydrogen-bond acceptors (Lipinski definition) is 5. The van der Waals surface area contributed by atoms with Crippen LogP contribution in [-0.4, -0.2) is 70.5 Å². The molecule has 0 saturated carbocycles. The minimum atomic E-state index is 0. The summed E-state index contributed by atoms with van der Waals surface area (Å²) in [6, 6.07) is 5.78. The van der Waals surface area contributed by atoms with E-state index in [1.807, 2.05) is 25.1 Å². The van der Waals surface area contributed by atoms with Crippen molar-refractivity contribution in [3.63, 3.8) is 0 Å². The molecular weight excluding hydrogens is 447 g/mol. The molecule has 8 heteroatoms. The van der Waals surface area contributed by atoms with Gasteiger partial charge in [0.2, 0.25) is 0 Å². The molecule has 0 atom stereocenters. The number of ether oxygens (including phenoxy) is 3. The van der Waals surface area contributed by atoms with E-state index in [1.54, 1.807) is 7.11 Å². The third kappa shape index (κ3) is 7.55. The molecule has 2 N–H and O–H groups in total. The van der Waals surface area contributed by atoms with Crippen molar-refractivity contribution in [2.45, 2.75) is 13.8 Å². The molecule has 1 aliphatic rings. The molecule has 0 bridgehead atoms. The molecule has 1 saturated heterocycles. The van der Waals surface area contributed by atoms with E-state index >= 15 is 0 Å². The number of rotatable bonds is 8. The number of aliphatic imine (C=N–C) groups is 1. The predicted molar refractivity (Wildman–Crippen MR) is 116 cm³/mol. The van der Waals surface area contributed by atoms with Gasteiger partial charge in [0.05, 0.1) is 33.5 Å². The lowest BCUT2D eigenvalue weighted by Crippen LogP contribution is -2.38. The average Bonchev–Trinajstić information content (AvgIpc) is 2.64. The zero-order valence-electron chi connectivity index (χ0n) is 15.9. The smallest absolute Gasteiger partial charge is 0.195 e. The molecule has 1 aromatic rings. The number of guanidine groups is 1. The van der Waals surface area contributed by atoms with Gasteiger partial charge in [-0.05, 0) is 26.0 Å². The highest BCUT2D eigenvalue weighted by Gasteiger charge is 2.10. The van der Waals surface area contributed by atoms with E-state index in [0.29, 0.717) is 12.4 Å². The lowest BCUT2D eigenvalue weighted by atomic mass is 10.2. The molecule has 0 radical (unpaired) electrons. The summed E-state index contributed by atoms with van der Waals surface area (Å²) in [5.74, 6) is 2.21. The van der Waals surface area contributed by atoms with Gasteiger partial charge in [-0.25, -0.2) is 0 Å². The fourth-order valence-corrected chi connectivity index (χ4v) is 2.59. The van der Waals surface area contributed by atoms with E-state index in [1.165, 1.54) is 0 Å². The second-order valence-corrected chi connectivity index (χ2v) is 5.64. The van der Waals surface area contributed by atoms with E-state index in [2.05, 4.69) is 27.4 Å². The van der Waals surface area contributed by atoms with E-state index in [9.17, 15) is 0 Å². The second kappa shape index (κ2) is 13.0. The van der Waals surface area contributed by atoms with Crippen LogP contribution in [0.4, 0.5) is 5.69 Å². The van der Waals surface area contributed by atoms with Crippen LogP contribution < -0.4 is 20.1 Å². The van der Waals surface area contributed by atoms with Gasteiger partial charge in [0, 0.05) is 37.9 Å². The summed E-state index contributed by atoms with van der Waals surface area (Å²) in [5, 5.41) is 6.59. The van der Waals surface area contributed by atoms with E-state index in [0.717, 1.165) is 63.3 Å². The lowest BCUT2D eigenvalue weighted by Gasteiger charge is -2.25. The van der Waals surface area contributed by atoms with Crippen LogP contribution in [0.2, 0.25) is 0 Å². The Morgan fingerprint density at radius 1 is 1.23 bits per heavy atom. The van der Waals surface area contributed by atoms with Gasteiger partial charge in [0.25, 0.3) is 0 Å². The zero-order valence-corrected chi connectivity index (χ0v) is 18.2. The van der Waals surface area contributed by atoms with Crippen molar-refractivity contribution in [2.24, 2.45) is 4.99 Å². The standard InChI is InChI=1S/C18H30N4O3.HI/c1-4-19-18(20-8-9-22-10-12-24-13-11-22)21-15-6-7-16(25-5-2)17(14-15)23-3;/h6-7,14H,4-5,8-13H2,1-3H3,(H2,19,20,21);1H. The Kier molecular flexibility index (Phi) is 11.4. The first-order valence-electron chi connectivity index (χ1n) is 8.93. The topological polar surface area (TPSA) is 67.4 Å². The van der Waals surface area contributed by atoms with Crippen molar-refractivity contribution in [2.75, 3.05) is 65.0 Å². The Hall–Kier alpha value is -1.26. The molecule has 0 unspecified atom stereocenters. The van der Waals surface area contributed by atoms with Gasteiger partial charge in [0.15, 0.2) is 17.5 Å². The summed E-state index contributed by atoms with van der Waals surface area (Å²) >= 11 is 0. The van der Waals surface area contributed by atoms with Crippen LogP contribution in [0.5, 0.6) is 11.5 Å². The number of nitrogens with one attached hydrogen (secondary N) is 2. The number of halogens is 1. The zero-order chi connectivity index (χ0) is 17.9. The van der Waals surface area contributed by atoms with Gasteiger partial charge in [-0.2, -0.15) is 0 Å². The van der Waals surface area contributed by atoms with Crippen molar-refractivity contribution in [3.8, 4) is 11.5 Å². The molecule has 1 aliphatic heterocycles. The number of hydrogen-bond donors (Lipinski definition) is 2. The maximum Gasteiger partial charge on any atom is 0.195 e. The lowest BCUT2D eigenvalue weighted by molar-refractivity contribution is 0.0394. The van der Waals surface area contributed by atoms with Crippen LogP contribution in [0.1, 0.15) is 13.8 Å². The molecule has 0 amide bonds. The number of methoxy groups -OCH3 is 1. The number of morpholine rings is 1. The number of anilines is 1. The van der Waals surface area contributed by atoms with Crippen LogP contribution in [-0.2, 0) is 4.74 Å². The van der Waals surface area contributed by atoms with Gasteiger partial charge >= 0.3 is 0 Å². The monoisotopic (exact) mass is 478 g/mol. The Morgan fingerprint density at radius 3 is 2.65 bits per heavy atom. The molecule has 0 aromatic heterocycles.